The predicted octanol–water partition coefficient (Wildman–Crippen LogP) is 3.23. The van der Waals surface area contributed by atoms with Gasteiger partial charge in [-0.15, -0.1) is 0 Å². The maximum Gasteiger partial charge on any atom is 0.410 e. The molecule has 1 aromatic rings. The number of nitrogens with zero attached hydrogens (tertiary/aromatic N) is 2. The number of nitrogens with two attached hydrogens (primary N) is 1. The van der Waals surface area contributed by atoms with Gasteiger partial charge in [0.25, 0.3) is 0 Å². The number of nitrogen functional groups attached to an aromatic ring is 1. The Morgan fingerprint density at radius 1 is 1.14 bits per heavy atom. The fourth-order valence-corrected chi connectivity index (χ4v) is 3.88. The van der Waals surface area contributed by atoms with E-state index in [2.05, 4.69) is 17.0 Å². The standard InChI is InChI=1S/C21H33N3O4/c1-21(2,3)28-20(25)24-7-5-15(6-8-24)16-13-17(22)19(26-4)14-18(16)23-9-11-27-12-10-23/h13-15H,5-12,22H2,1-4H3. The zero-order chi connectivity index (χ0) is 20.3. The van der Waals surface area contributed by atoms with Gasteiger partial charge in [-0.25, -0.2) is 4.79 Å². The van der Waals surface area contributed by atoms with Crippen molar-refractivity contribution in [3.05, 3.63) is 17.7 Å². The van der Waals surface area contributed by atoms with Gasteiger partial charge in [-0.2, -0.15) is 0 Å². The van der Waals surface area contributed by atoms with Crippen molar-refractivity contribution in [2.24, 2.45) is 0 Å². The molecule has 3 rings (SSSR count). The molecule has 1 amide bonds. The Balaban J connectivity index is 1.76. The summed E-state index contributed by atoms with van der Waals surface area (Å²) in [6.07, 6.45) is 1.55. The van der Waals surface area contributed by atoms with Gasteiger partial charge in [0.2, 0.25) is 0 Å². The number of carbonyl (C=O) groups is 1. The lowest BCUT2D eigenvalue weighted by Gasteiger charge is -2.37. The van der Waals surface area contributed by atoms with Crippen molar-refractivity contribution in [1.29, 1.82) is 0 Å². The molecule has 2 aliphatic rings. The van der Waals surface area contributed by atoms with Gasteiger partial charge in [-0.3, -0.25) is 0 Å². The number of ether oxygens (including phenoxy) is 3. The highest BCUT2D eigenvalue weighted by atomic mass is 16.6. The van der Waals surface area contributed by atoms with E-state index in [9.17, 15) is 4.79 Å². The van der Waals surface area contributed by atoms with Crippen molar-refractivity contribution in [3.8, 4) is 5.75 Å². The van der Waals surface area contributed by atoms with E-state index in [4.69, 9.17) is 19.9 Å². The van der Waals surface area contributed by atoms with E-state index < -0.39 is 5.60 Å². The number of hydrogen-bond acceptors (Lipinski definition) is 6. The lowest BCUT2D eigenvalue weighted by Crippen LogP contribution is -2.42. The van der Waals surface area contributed by atoms with Crippen molar-refractivity contribution in [2.45, 2.75) is 45.1 Å². The van der Waals surface area contributed by atoms with Gasteiger partial charge in [0.05, 0.1) is 26.0 Å². The minimum Gasteiger partial charge on any atom is -0.495 e. The molecule has 1 aromatic carbocycles. The number of anilines is 2. The number of rotatable bonds is 3. The van der Waals surface area contributed by atoms with Gasteiger partial charge in [0.1, 0.15) is 11.4 Å². The fourth-order valence-electron chi connectivity index (χ4n) is 3.88. The van der Waals surface area contributed by atoms with Crippen LogP contribution in [0.15, 0.2) is 12.1 Å². The summed E-state index contributed by atoms with van der Waals surface area (Å²) in [4.78, 5) is 16.5. The fraction of sp³-hybridized carbons (Fsp3) is 0.667. The maximum atomic E-state index is 12.4. The molecule has 28 heavy (non-hydrogen) atoms. The van der Waals surface area contributed by atoms with Crippen molar-refractivity contribution < 1.29 is 19.0 Å². The smallest absolute Gasteiger partial charge is 0.410 e. The second-order valence-electron chi connectivity index (χ2n) is 8.49. The molecule has 0 radical (unpaired) electrons. The molecule has 2 aliphatic heterocycles. The summed E-state index contributed by atoms with van der Waals surface area (Å²) in [7, 11) is 1.65. The summed E-state index contributed by atoms with van der Waals surface area (Å²) in [5.74, 6) is 1.06. The number of piperidine rings is 1. The molecule has 2 N–H and O–H groups in total. The summed E-state index contributed by atoms with van der Waals surface area (Å²) < 4.78 is 16.5. The van der Waals surface area contributed by atoms with Gasteiger partial charge >= 0.3 is 6.09 Å². The molecular formula is C21H33N3O4. The number of amides is 1. The number of likely N-dealkylation sites (tertiary alicyclic amines) is 1. The van der Waals surface area contributed by atoms with E-state index in [0.29, 0.717) is 30.4 Å². The first-order valence-corrected chi connectivity index (χ1v) is 10.1. The van der Waals surface area contributed by atoms with Gasteiger partial charge < -0.3 is 29.7 Å². The first kappa shape index (κ1) is 20.6. The first-order chi connectivity index (χ1) is 13.3. The number of benzene rings is 1. The molecule has 0 saturated carbocycles. The summed E-state index contributed by atoms with van der Waals surface area (Å²) in [6, 6.07) is 4.10. The van der Waals surface area contributed by atoms with Crippen LogP contribution in [0.3, 0.4) is 0 Å². The summed E-state index contributed by atoms with van der Waals surface area (Å²) in [5, 5.41) is 0. The van der Waals surface area contributed by atoms with E-state index >= 15 is 0 Å². The predicted molar refractivity (Wildman–Crippen MR) is 110 cm³/mol. The molecule has 0 atom stereocenters. The highest BCUT2D eigenvalue weighted by molar-refractivity contribution is 5.69. The van der Waals surface area contributed by atoms with Crippen LogP contribution in [0.2, 0.25) is 0 Å². The first-order valence-electron chi connectivity index (χ1n) is 10.1. The summed E-state index contributed by atoms with van der Waals surface area (Å²) in [5.41, 5.74) is 8.83. The van der Waals surface area contributed by atoms with Crippen LogP contribution in [0.1, 0.15) is 45.1 Å². The Kier molecular flexibility index (Phi) is 6.23. The second kappa shape index (κ2) is 8.47. The molecule has 2 fully saturated rings. The monoisotopic (exact) mass is 391 g/mol. The third-order valence-corrected chi connectivity index (χ3v) is 5.32. The van der Waals surface area contributed by atoms with Crippen LogP contribution in [-0.4, -0.2) is 63.1 Å². The van der Waals surface area contributed by atoms with Crippen molar-refractivity contribution in [3.63, 3.8) is 0 Å². The van der Waals surface area contributed by atoms with Crippen LogP contribution < -0.4 is 15.4 Å². The molecule has 156 valence electrons. The maximum absolute atomic E-state index is 12.4. The number of carbonyl (C=O) groups excluding carboxylic acids is 1. The number of methoxy groups -OCH3 is 1. The summed E-state index contributed by atoms with van der Waals surface area (Å²) >= 11 is 0. The van der Waals surface area contributed by atoms with Crippen LogP contribution in [0.5, 0.6) is 5.75 Å². The average molecular weight is 392 g/mol. The highest BCUT2D eigenvalue weighted by Gasteiger charge is 2.30. The zero-order valence-corrected chi connectivity index (χ0v) is 17.5. The van der Waals surface area contributed by atoms with E-state index in [1.54, 1.807) is 7.11 Å². The molecule has 0 aromatic heterocycles. The average Bonchev–Trinajstić information content (AvgIpc) is 2.67. The Bertz CT molecular complexity index is 688. The van der Waals surface area contributed by atoms with Crippen LogP contribution >= 0.6 is 0 Å². The molecular weight excluding hydrogens is 358 g/mol. The number of morpholine rings is 1. The Morgan fingerprint density at radius 3 is 2.36 bits per heavy atom. The Labute approximate surface area is 167 Å². The van der Waals surface area contributed by atoms with E-state index in [1.165, 1.54) is 11.3 Å². The van der Waals surface area contributed by atoms with Crippen LogP contribution in [0, 0.1) is 0 Å². The molecule has 0 unspecified atom stereocenters. The lowest BCUT2D eigenvalue weighted by atomic mass is 9.87. The van der Waals surface area contributed by atoms with Gasteiger partial charge in [-0.1, -0.05) is 0 Å². The van der Waals surface area contributed by atoms with Crippen LogP contribution in [-0.2, 0) is 9.47 Å². The molecule has 0 spiro atoms. The van der Waals surface area contributed by atoms with Crippen LogP contribution in [0.25, 0.3) is 0 Å². The van der Waals surface area contributed by atoms with Crippen molar-refractivity contribution in [2.75, 3.05) is 57.1 Å². The molecule has 7 nitrogen and oxygen atoms in total. The SMILES string of the molecule is COc1cc(N2CCOCC2)c(C2CCN(C(=O)OC(C)(C)C)CC2)cc1N. The van der Waals surface area contributed by atoms with Gasteiger partial charge in [0.15, 0.2) is 0 Å². The van der Waals surface area contributed by atoms with E-state index in [1.807, 2.05) is 25.7 Å². The highest BCUT2D eigenvalue weighted by Crippen LogP contribution is 2.40. The van der Waals surface area contributed by atoms with Crippen molar-refractivity contribution in [1.82, 2.24) is 4.90 Å². The minimum absolute atomic E-state index is 0.228. The Hall–Kier alpha value is -2.15. The third kappa shape index (κ3) is 4.82. The molecule has 0 aliphatic carbocycles. The topological polar surface area (TPSA) is 77.3 Å². The van der Waals surface area contributed by atoms with Crippen LogP contribution in [0.4, 0.5) is 16.2 Å². The summed E-state index contributed by atoms with van der Waals surface area (Å²) in [6.45, 7) is 10.2. The lowest BCUT2D eigenvalue weighted by molar-refractivity contribution is 0.0205. The third-order valence-electron chi connectivity index (χ3n) is 5.32. The largest absolute Gasteiger partial charge is 0.495 e. The van der Waals surface area contributed by atoms with Gasteiger partial charge in [-0.05, 0) is 51.2 Å². The van der Waals surface area contributed by atoms with E-state index in [-0.39, 0.29) is 6.09 Å². The van der Waals surface area contributed by atoms with Crippen molar-refractivity contribution >= 4 is 17.5 Å². The normalized spacial score (nSPS) is 18.9. The second-order valence-corrected chi connectivity index (χ2v) is 8.49. The molecule has 2 heterocycles. The molecule has 2 saturated heterocycles. The van der Waals surface area contributed by atoms with Gasteiger partial charge in [0, 0.05) is 37.9 Å². The quantitative estimate of drug-likeness (QED) is 0.797. The Morgan fingerprint density at radius 2 is 1.79 bits per heavy atom. The molecule has 7 heteroatoms. The van der Waals surface area contributed by atoms with E-state index in [0.717, 1.165) is 39.1 Å². The zero-order valence-electron chi connectivity index (χ0n) is 17.5. The molecule has 0 bridgehead atoms. The minimum atomic E-state index is -0.470. The number of hydrogen-bond donors (Lipinski definition) is 1.